The van der Waals surface area contributed by atoms with Gasteiger partial charge >= 0.3 is 5.97 Å². The molecule has 0 bridgehead atoms. The van der Waals surface area contributed by atoms with Gasteiger partial charge in [0.05, 0.1) is 6.42 Å². The Morgan fingerprint density at radius 1 is 1.40 bits per heavy atom. The maximum Gasteiger partial charge on any atom is 0.307 e. The fraction of sp³-hybridized carbons (Fsp3) is 0.250. The van der Waals surface area contributed by atoms with Crippen LogP contribution < -0.4 is 0 Å². The van der Waals surface area contributed by atoms with Gasteiger partial charge in [-0.2, -0.15) is 0 Å². The molecule has 0 aliphatic heterocycles. The lowest BCUT2D eigenvalue weighted by Gasteiger charge is -2.15. The van der Waals surface area contributed by atoms with Crippen LogP contribution in [0.25, 0.3) is 6.08 Å². The average Bonchev–Trinajstić information content (AvgIpc) is 2.18. The van der Waals surface area contributed by atoms with Gasteiger partial charge in [0, 0.05) is 5.56 Å². The summed E-state index contributed by atoms with van der Waals surface area (Å²) >= 11 is 0. The van der Waals surface area contributed by atoms with Gasteiger partial charge in [0.1, 0.15) is 5.82 Å². The van der Waals surface area contributed by atoms with Crippen LogP contribution in [0.2, 0.25) is 0 Å². The minimum Gasteiger partial charge on any atom is -0.481 e. The highest BCUT2D eigenvalue weighted by atomic mass is 19.1. The van der Waals surface area contributed by atoms with Gasteiger partial charge in [-0.05, 0) is 24.5 Å². The summed E-state index contributed by atoms with van der Waals surface area (Å²) in [5.74, 6) is -1.13. The summed E-state index contributed by atoms with van der Waals surface area (Å²) < 4.78 is 13.4. The van der Waals surface area contributed by atoms with Crippen molar-refractivity contribution in [3.63, 3.8) is 0 Å². The van der Waals surface area contributed by atoms with E-state index in [1.165, 1.54) is 6.07 Å². The van der Waals surface area contributed by atoms with Gasteiger partial charge in [-0.3, -0.25) is 4.79 Å². The van der Waals surface area contributed by atoms with Crippen molar-refractivity contribution in [2.24, 2.45) is 0 Å². The number of fused-ring (bicyclic) bond motifs is 1. The lowest BCUT2D eigenvalue weighted by Crippen LogP contribution is -2.05. The Morgan fingerprint density at radius 2 is 2.20 bits per heavy atom. The number of aliphatic carboxylic acids is 1. The van der Waals surface area contributed by atoms with Crippen molar-refractivity contribution in [2.45, 2.75) is 19.3 Å². The van der Waals surface area contributed by atoms with Gasteiger partial charge in [0.25, 0.3) is 0 Å². The number of benzene rings is 1. The highest BCUT2D eigenvalue weighted by molar-refractivity contribution is 5.74. The van der Waals surface area contributed by atoms with Gasteiger partial charge in [0.2, 0.25) is 0 Å². The van der Waals surface area contributed by atoms with Crippen LogP contribution in [0.1, 0.15) is 24.0 Å². The molecule has 0 unspecified atom stereocenters. The summed E-state index contributed by atoms with van der Waals surface area (Å²) in [6, 6.07) is 4.97. The second-order valence-corrected chi connectivity index (χ2v) is 3.69. The number of halogens is 1. The molecule has 0 atom stereocenters. The number of carboxylic acids is 1. The molecule has 0 saturated carbocycles. The van der Waals surface area contributed by atoms with E-state index in [-0.39, 0.29) is 12.2 Å². The van der Waals surface area contributed by atoms with Gasteiger partial charge in [-0.25, -0.2) is 4.39 Å². The predicted molar refractivity (Wildman–Crippen MR) is 55.0 cm³/mol. The molecule has 0 radical (unpaired) electrons. The monoisotopic (exact) mass is 206 g/mol. The topological polar surface area (TPSA) is 37.3 Å². The van der Waals surface area contributed by atoms with E-state index in [1.54, 1.807) is 12.1 Å². The number of hydrogen-bond acceptors (Lipinski definition) is 1. The van der Waals surface area contributed by atoms with Crippen molar-refractivity contribution in [3.8, 4) is 0 Å². The van der Waals surface area contributed by atoms with E-state index < -0.39 is 5.97 Å². The van der Waals surface area contributed by atoms with Crippen LogP contribution in [-0.2, 0) is 11.2 Å². The van der Waals surface area contributed by atoms with Gasteiger partial charge in [-0.1, -0.05) is 23.8 Å². The highest BCUT2D eigenvalue weighted by Gasteiger charge is 2.14. The fourth-order valence-corrected chi connectivity index (χ4v) is 1.87. The van der Waals surface area contributed by atoms with Crippen molar-refractivity contribution in [3.05, 3.63) is 40.7 Å². The molecule has 1 aromatic carbocycles. The summed E-state index contributed by atoms with van der Waals surface area (Å²) in [5.41, 5.74) is 2.31. The average molecular weight is 206 g/mol. The molecule has 1 aliphatic carbocycles. The minimum atomic E-state index is -0.860. The Hall–Kier alpha value is -1.64. The van der Waals surface area contributed by atoms with E-state index in [9.17, 15) is 9.18 Å². The van der Waals surface area contributed by atoms with Crippen LogP contribution >= 0.6 is 0 Å². The molecule has 0 heterocycles. The minimum absolute atomic E-state index is 0.00771. The summed E-state index contributed by atoms with van der Waals surface area (Å²) in [6.45, 7) is 0. The normalized spacial score (nSPS) is 14.3. The molecule has 2 rings (SSSR count). The van der Waals surface area contributed by atoms with Crippen molar-refractivity contribution in [1.29, 1.82) is 0 Å². The molecule has 78 valence electrons. The summed E-state index contributed by atoms with van der Waals surface area (Å²) in [6.07, 6.45) is 3.12. The van der Waals surface area contributed by atoms with Crippen LogP contribution in [0, 0.1) is 5.82 Å². The Kier molecular flexibility index (Phi) is 2.54. The quantitative estimate of drug-likeness (QED) is 0.807. The molecule has 15 heavy (non-hydrogen) atoms. The largest absolute Gasteiger partial charge is 0.481 e. The molecule has 1 aromatic rings. The second-order valence-electron chi connectivity index (χ2n) is 3.69. The van der Waals surface area contributed by atoms with E-state index in [2.05, 4.69) is 0 Å². The van der Waals surface area contributed by atoms with Crippen molar-refractivity contribution >= 4 is 12.0 Å². The van der Waals surface area contributed by atoms with E-state index >= 15 is 0 Å². The van der Waals surface area contributed by atoms with Gasteiger partial charge in [-0.15, -0.1) is 0 Å². The highest BCUT2D eigenvalue weighted by Crippen LogP contribution is 2.27. The molecule has 1 aliphatic rings. The zero-order valence-electron chi connectivity index (χ0n) is 8.16. The van der Waals surface area contributed by atoms with Crippen LogP contribution in [0.3, 0.4) is 0 Å². The molecule has 0 aromatic heterocycles. The maximum absolute atomic E-state index is 13.4. The van der Waals surface area contributed by atoms with Crippen LogP contribution in [0.4, 0.5) is 4.39 Å². The lowest BCUT2D eigenvalue weighted by molar-refractivity contribution is -0.136. The first-order chi connectivity index (χ1) is 7.16. The third-order valence-corrected chi connectivity index (χ3v) is 2.59. The lowest BCUT2D eigenvalue weighted by atomic mass is 9.90. The number of carbonyl (C=O) groups is 1. The smallest absolute Gasteiger partial charge is 0.307 e. The number of hydrogen-bond donors (Lipinski definition) is 1. The van der Waals surface area contributed by atoms with Crippen LogP contribution in [0.5, 0.6) is 0 Å². The van der Waals surface area contributed by atoms with Crippen molar-refractivity contribution in [1.82, 2.24) is 0 Å². The molecule has 3 heteroatoms. The Labute approximate surface area is 87.0 Å². The van der Waals surface area contributed by atoms with Crippen LogP contribution in [0.15, 0.2) is 23.8 Å². The third kappa shape index (κ3) is 2.06. The van der Waals surface area contributed by atoms with Gasteiger partial charge in [0.15, 0.2) is 0 Å². The molecular weight excluding hydrogens is 195 g/mol. The molecule has 0 amide bonds. The predicted octanol–water partition coefficient (Wildman–Crippen LogP) is 2.63. The van der Waals surface area contributed by atoms with Crippen molar-refractivity contribution in [2.75, 3.05) is 0 Å². The first-order valence-electron chi connectivity index (χ1n) is 4.85. The number of carboxylic acid groups (broad SMARTS) is 1. The second kappa shape index (κ2) is 3.85. The third-order valence-electron chi connectivity index (χ3n) is 2.59. The molecule has 2 nitrogen and oxygen atoms in total. The van der Waals surface area contributed by atoms with E-state index in [0.717, 1.165) is 17.6 Å². The van der Waals surface area contributed by atoms with Crippen LogP contribution in [-0.4, -0.2) is 11.1 Å². The van der Waals surface area contributed by atoms with Gasteiger partial charge < -0.3 is 5.11 Å². The molecular formula is C12H11FO2. The Bertz CT molecular complexity index is 435. The number of aryl methyl sites for hydroxylation is 1. The Balaban J connectivity index is 2.35. The zero-order chi connectivity index (χ0) is 10.8. The fourth-order valence-electron chi connectivity index (χ4n) is 1.87. The van der Waals surface area contributed by atoms with E-state index in [4.69, 9.17) is 5.11 Å². The SMILES string of the molecule is O=C(O)CC1=Cc2c(F)cccc2CC1. The van der Waals surface area contributed by atoms with E-state index in [1.807, 2.05) is 6.07 Å². The Morgan fingerprint density at radius 3 is 2.93 bits per heavy atom. The molecule has 0 fully saturated rings. The first kappa shape index (κ1) is 9.90. The van der Waals surface area contributed by atoms with Crippen molar-refractivity contribution < 1.29 is 14.3 Å². The molecule has 1 N–H and O–H groups in total. The molecule has 0 saturated heterocycles. The summed E-state index contributed by atoms with van der Waals surface area (Å²) in [7, 11) is 0. The standard InChI is InChI=1S/C12H11FO2/c13-11-3-1-2-9-5-4-8(6-10(9)11)7-12(14)15/h1-3,6H,4-5,7H2,(H,14,15). The zero-order valence-corrected chi connectivity index (χ0v) is 8.16. The van der Waals surface area contributed by atoms with E-state index in [0.29, 0.717) is 12.0 Å². The number of rotatable bonds is 2. The summed E-state index contributed by atoms with van der Waals surface area (Å²) in [4.78, 5) is 10.5. The maximum atomic E-state index is 13.4. The molecule has 0 spiro atoms. The summed E-state index contributed by atoms with van der Waals surface area (Å²) in [5, 5.41) is 8.65. The first-order valence-corrected chi connectivity index (χ1v) is 4.85.